The molecule has 0 amide bonds. The van der Waals surface area contributed by atoms with Gasteiger partial charge in [-0.05, 0) is 19.4 Å². The summed E-state index contributed by atoms with van der Waals surface area (Å²) in [7, 11) is 1.72. The van der Waals surface area contributed by atoms with Gasteiger partial charge in [0.15, 0.2) is 0 Å². The summed E-state index contributed by atoms with van der Waals surface area (Å²) in [5.74, 6) is 0.790. The van der Waals surface area contributed by atoms with E-state index < -0.39 is 0 Å². The van der Waals surface area contributed by atoms with Crippen LogP contribution >= 0.6 is 11.6 Å². The summed E-state index contributed by atoms with van der Waals surface area (Å²) in [4.78, 5) is 0. The zero-order chi connectivity index (χ0) is 8.36. The molecule has 0 fully saturated rings. The van der Waals surface area contributed by atoms with Crippen molar-refractivity contribution in [3.63, 3.8) is 0 Å². The van der Waals surface area contributed by atoms with E-state index in [2.05, 4.69) is 5.32 Å². The van der Waals surface area contributed by atoms with Crippen LogP contribution in [0.5, 0.6) is 0 Å². The molecule has 0 aliphatic heterocycles. The Kier molecular flexibility index (Phi) is 10.4. The Morgan fingerprint density at radius 1 is 1.18 bits per heavy atom. The van der Waals surface area contributed by atoms with E-state index in [0.717, 1.165) is 32.0 Å². The number of methoxy groups -OCH3 is 1. The molecule has 1 N–H and O–H groups in total. The van der Waals surface area contributed by atoms with E-state index in [-0.39, 0.29) is 0 Å². The number of ether oxygens (including phenoxy) is 1. The molecular formula is C8H18ClNO. The molecule has 0 aliphatic rings. The molecule has 0 heterocycles. The normalized spacial score (nSPS) is 10.4. The zero-order valence-corrected chi connectivity index (χ0v) is 7.99. The first-order chi connectivity index (χ1) is 5.41. The van der Waals surface area contributed by atoms with Crippen LogP contribution in [0.3, 0.4) is 0 Å². The molecule has 0 unspecified atom stereocenters. The van der Waals surface area contributed by atoms with Crippen LogP contribution in [0.1, 0.15) is 19.3 Å². The fourth-order valence-corrected chi connectivity index (χ4v) is 1.01. The van der Waals surface area contributed by atoms with Gasteiger partial charge >= 0.3 is 0 Å². The standard InChI is InChI=1S/C8H18ClNO/c1-11-8-7-10-6-4-2-3-5-9/h10H,2-8H2,1H3. The van der Waals surface area contributed by atoms with Crippen molar-refractivity contribution in [3.8, 4) is 0 Å². The monoisotopic (exact) mass is 179 g/mol. The van der Waals surface area contributed by atoms with Crippen LogP contribution in [0, 0.1) is 0 Å². The fourth-order valence-electron chi connectivity index (χ4n) is 0.820. The number of hydrogen-bond donors (Lipinski definition) is 1. The summed E-state index contributed by atoms with van der Waals surface area (Å²) >= 11 is 5.52. The van der Waals surface area contributed by atoms with E-state index >= 15 is 0 Å². The van der Waals surface area contributed by atoms with Crippen LogP contribution < -0.4 is 5.32 Å². The number of nitrogens with one attached hydrogen (secondary N) is 1. The van der Waals surface area contributed by atoms with Gasteiger partial charge in [0.2, 0.25) is 0 Å². The van der Waals surface area contributed by atoms with Crippen LogP contribution in [0.2, 0.25) is 0 Å². The minimum atomic E-state index is 0.790. The third-order valence-corrected chi connectivity index (χ3v) is 1.74. The summed E-state index contributed by atoms with van der Waals surface area (Å²) in [6, 6.07) is 0. The van der Waals surface area contributed by atoms with Crippen LogP contribution in [-0.4, -0.2) is 32.7 Å². The second-order valence-electron chi connectivity index (χ2n) is 2.49. The molecule has 0 aromatic rings. The van der Waals surface area contributed by atoms with E-state index in [1.165, 1.54) is 12.8 Å². The maximum Gasteiger partial charge on any atom is 0.0587 e. The van der Waals surface area contributed by atoms with Gasteiger partial charge in [0.05, 0.1) is 6.61 Å². The fraction of sp³-hybridized carbons (Fsp3) is 1.00. The molecule has 11 heavy (non-hydrogen) atoms. The van der Waals surface area contributed by atoms with E-state index in [4.69, 9.17) is 16.3 Å². The van der Waals surface area contributed by atoms with Crippen molar-refractivity contribution in [2.75, 3.05) is 32.7 Å². The molecule has 0 spiro atoms. The van der Waals surface area contributed by atoms with Gasteiger partial charge in [-0.3, -0.25) is 0 Å². The molecule has 0 atom stereocenters. The second-order valence-corrected chi connectivity index (χ2v) is 2.87. The molecule has 3 heteroatoms. The molecule has 0 aromatic carbocycles. The van der Waals surface area contributed by atoms with E-state index in [9.17, 15) is 0 Å². The molecule has 0 bridgehead atoms. The number of unbranched alkanes of at least 4 members (excludes halogenated alkanes) is 2. The van der Waals surface area contributed by atoms with Crippen LogP contribution in [-0.2, 0) is 4.74 Å². The highest BCUT2D eigenvalue weighted by atomic mass is 35.5. The average molecular weight is 180 g/mol. The van der Waals surface area contributed by atoms with E-state index in [1.54, 1.807) is 7.11 Å². The van der Waals surface area contributed by atoms with Crippen molar-refractivity contribution in [3.05, 3.63) is 0 Å². The molecule has 0 radical (unpaired) electrons. The molecular weight excluding hydrogens is 162 g/mol. The lowest BCUT2D eigenvalue weighted by molar-refractivity contribution is 0.199. The smallest absolute Gasteiger partial charge is 0.0587 e. The van der Waals surface area contributed by atoms with Gasteiger partial charge in [-0.1, -0.05) is 6.42 Å². The van der Waals surface area contributed by atoms with Gasteiger partial charge < -0.3 is 10.1 Å². The minimum absolute atomic E-state index is 0.790. The quantitative estimate of drug-likeness (QED) is 0.452. The third kappa shape index (κ3) is 10.2. The maximum absolute atomic E-state index is 5.52. The summed E-state index contributed by atoms with van der Waals surface area (Å²) in [5.41, 5.74) is 0. The predicted molar refractivity (Wildman–Crippen MR) is 49.3 cm³/mol. The Bertz CT molecular complexity index is 63.1. The Hall–Kier alpha value is 0.210. The molecule has 0 aromatic heterocycles. The molecule has 0 saturated carbocycles. The first-order valence-corrected chi connectivity index (χ1v) is 4.71. The first kappa shape index (κ1) is 11.2. The topological polar surface area (TPSA) is 21.3 Å². The van der Waals surface area contributed by atoms with E-state index in [0.29, 0.717) is 0 Å². The highest BCUT2D eigenvalue weighted by Gasteiger charge is 1.87. The third-order valence-electron chi connectivity index (χ3n) is 1.47. The van der Waals surface area contributed by atoms with E-state index in [1.807, 2.05) is 0 Å². The van der Waals surface area contributed by atoms with Gasteiger partial charge in [-0.15, -0.1) is 11.6 Å². The van der Waals surface area contributed by atoms with Gasteiger partial charge in [-0.2, -0.15) is 0 Å². The predicted octanol–water partition coefficient (Wildman–Crippen LogP) is 1.63. The second kappa shape index (κ2) is 10.2. The van der Waals surface area contributed by atoms with Gasteiger partial charge in [0.25, 0.3) is 0 Å². The lowest BCUT2D eigenvalue weighted by Crippen LogP contribution is -2.20. The molecule has 0 rings (SSSR count). The highest BCUT2D eigenvalue weighted by molar-refractivity contribution is 6.17. The van der Waals surface area contributed by atoms with Gasteiger partial charge in [0.1, 0.15) is 0 Å². The lowest BCUT2D eigenvalue weighted by atomic mass is 10.2. The van der Waals surface area contributed by atoms with Crippen molar-refractivity contribution in [1.82, 2.24) is 5.32 Å². The molecule has 68 valence electrons. The SMILES string of the molecule is COCCNCCCCCCl. The zero-order valence-electron chi connectivity index (χ0n) is 7.24. The summed E-state index contributed by atoms with van der Waals surface area (Å²) in [6.07, 6.45) is 3.58. The van der Waals surface area contributed by atoms with Crippen molar-refractivity contribution in [2.45, 2.75) is 19.3 Å². The molecule has 0 aliphatic carbocycles. The Balaban J connectivity index is 2.69. The van der Waals surface area contributed by atoms with Crippen LogP contribution in [0.15, 0.2) is 0 Å². The van der Waals surface area contributed by atoms with Gasteiger partial charge in [-0.25, -0.2) is 0 Å². The number of hydrogen-bond acceptors (Lipinski definition) is 2. The van der Waals surface area contributed by atoms with Crippen molar-refractivity contribution >= 4 is 11.6 Å². The van der Waals surface area contributed by atoms with Crippen molar-refractivity contribution in [2.24, 2.45) is 0 Å². The summed E-state index contributed by atoms with van der Waals surface area (Å²) < 4.78 is 4.89. The average Bonchev–Trinajstić information content (AvgIpc) is 2.03. The Morgan fingerprint density at radius 2 is 2.00 bits per heavy atom. The van der Waals surface area contributed by atoms with Crippen LogP contribution in [0.25, 0.3) is 0 Å². The number of alkyl halides is 1. The van der Waals surface area contributed by atoms with Crippen molar-refractivity contribution in [1.29, 1.82) is 0 Å². The summed E-state index contributed by atoms with van der Waals surface area (Å²) in [6.45, 7) is 2.84. The minimum Gasteiger partial charge on any atom is -0.383 e. The molecule has 2 nitrogen and oxygen atoms in total. The summed E-state index contributed by atoms with van der Waals surface area (Å²) in [5, 5.41) is 3.28. The lowest BCUT2D eigenvalue weighted by Gasteiger charge is -2.02. The Morgan fingerprint density at radius 3 is 2.64 bits per heavy atom. The number of halogens is 1. The van der Waals surface area contributed by atoms with Gasteiger partial charge in [0, 0.05) is 19.5 Å². The first-order valence-electron chi connectivity index (χ1n) is 4.17. The number of rotatable bonds is 8. The van der Waals surface area contributed by atoms with Crippen LogP contribution in [0.4, 0.5) is 0 Å². The van der Waals surface area contributed by atoms with Crippen molar-refractivity contribution < 1.29 is 4.74 Å². The largest absolute Gasteiger partial charge is 0.383 e. The molecule has 0 saturated heterocycles. The highest BCUT2D eigenvalue weighted by Crippen LogP contribution is 1.94. The maximum atomic E-state index is 5.52. The Labute approximate surface area is 74.3 Å².